The minimum absolute atomic E-state index is 0.182. The Morgan fingerprint density at radius 1 is 1.37 bits per heavy atom. The van der Waals surface area contributed by atoms with Crippen molar-refractivity contribution in [1.29, 1.82) is 0 Å². The first-order chi connectivity index (χ1) is 13.0. The maximum Gasteiger partial charge on any atom is 0.272 e. The Hall–Kier alpha value is -2.54. The van der Waals surface area contributed by atoms with Crippen molar-refractivity contribution < 1.29 is 9.18 Å². The minimum atomic E-state index is -0.429. The number of carbonyl (C=O) groups excluding carboxylic acids is 1. The van der Waals surface area contributed by atoms with E-state index < -0.39 is 5.82 Å². The van der Waals surface area contributed by atoms with Crippen molar-refractivity contribution in [2.24, 2.45) is 0 Å². The molecule has 2 heterocycles. The van der Waals surface area contributed by atoms with Crippen LogP contribution in [-0.4, -0.2) is 24.1 Å². The highest BCUT2D eigenvalue weighted by molar-refractivity contribution is 9.10. The number of nitrogens with zero attached hydrogens (tertiary/aromatic N) is 1. The Balaban J connectivity index is 1.80. The van der Waals surface area contributed by atoms with Gasteiger partial charge in [-0.05, 0) is 30.7 Å². The summed E-state index contributed by atoms with van der Waals surface area (Å²) in [6.07, 6.45) is 0.901. The summed E-state index contributed by atoms with van der Waals surface area (Å²) in [7, 11) is 1.63. The predicted octanol–water partition coefficient (Wildman–Crippen LogP) is 5.21. The predicted molar refractivity (Wildman–Crippen MR) is 111 cm³/mol. The molecular formula is C20H20BrFN4O. The fourth-order valence-corrected chi connectivity index (χ4v) is 4.17. The standard InChI is InChI=1S/C20H20BrFN4O/c1-3-13-10-24-15-6-4-5-11-7-17(26(13)19(11)15)20(27)25-16-9-12(21)8-14(22)18(16)23-2/h4-9,13,23-24H,3,10H2,1-2H3,(H,25,27). The van der Waals surface area contributed by atoms with Gasteiger partial charge in [-0.15, -0.1) is 0 Å². The normalized spacial score (nSPS) is 15.5. The van der Waals surface area contributed by atoms with Crippen LogP contribution < -0.4 is 16.0 Å². The van der Waals surface area contributed by atoms with E-state index >= 15 is 0 Å². The fraction of sp³-hybridized carbons (Fsp3) is 0.250. The van der Waals surface area contributed by atoms with Gasteiger partial charge in [0.15, 0.2) is 0 Å². The molecular weight excluding hydrogens is 411 g/mol. The molecule has 2 aromatic carbocycles. The average molecular weight is 431 g/mol. The first-order valence-electron chi connectivity index (χ1n) is 8.89. The molecule has 1 atom stereocenters. The zero-order valence-corrected chi connectivity index (χ0v) is 16.7. The Bertz CT molecular complexity index is 1050. The first-order valence-corrected chi connectivity index (χ1v) is 9.68. The van der Waals surface area contributed by atoms with Crippen LogP contribution in [0, 0.1) is 5.82 Å². The summed E-state index contributed by atoms with van der Waals surface area (Å²) in [5.74, 6) is -0.687. The lowest BCUT2D eigenvalue weighted by molar-refractivity contribution is 0.101. The molecule has 27 heavy (non-hydrogen) atoms. The van der Waals surface area contributed by atoms with Gasteiger partial charge in [-0.2, -0.15) is 0 Å². The third kappa shape index (κ3) is 2.96. The molecule has 1 aliphatic rings. The summed E-state index contributed by atoms with van der Waals surface area (Å²) in [6, 6.07) is 11.1. The molecule has 0 aliphatic carbocycles. The number of halogens is 2. The second-order valence-electron chi connectivity index (χ2n) is 6.60. The third-order valence-corrected chi connectivity index (χ3v) is 5.47. The third-order valence-electron chi connectivity index (χ3n) is 5.01. The van der Waals surface area contributed by atoms with Crippen molar-refractivity contribution in [3.8, 4) is 0 Å². The number of anilines is 3. The topological polar surface area (TPSA) is 58.1 Å². The van der Waals surface area contributed by atoms with Gasteiger partial charge < -0.3 is 20.5 Å². The lowest BCUT2D eigenvalue weighted by atomic mass is 10.1. The highest BCUT2D eigenvalue weighted by Crippen LogP contribution is 2.36. The number of hydrogen-bond acceptors (Lipinski definition) is 3. The smallest absolute Gasteiger partial charge is 0.272 e. The van der Waals surface area contributed by atoms with Crippen molar-refractivity contribution in [2.45, 2.75) is 19.4 Å². The summed E-state index contributed by atoms with van der Waals surface area (Å²) in [4.78, 5) is 13.1. The first kappa shape index (κ1) is 17.9. The number of hydrogen-bond donors (Lipinski definition) is 3. The van der Waals surface area contributed by atoms with Crippen LogP contribution in [0.5, 0.6) is 0 Å². The lowest BCUT2D eigenvalue weighted by Crippen LogP contribution is -2.27. The van der Waals surface area contributed by atoms with Crippen molar-refractivity contribution in [2.75, 3.05) is 29.5 Å². The van der Waals surface area contributed by atoms with E-state index in [0.29, 0.717) is 15.9 Å². The summed E-state index contributed by atoms with van der Waals surface area (Å²) < 4.78 is 16.9. The highest BCUT2D eigenvalue weighted by atomic mass is 79.9. The van der Waals surface area contributed by atoms with Crippen molar-refractivity contribution >= 4 is 49.8 Å². The quantitative estimate of drug-likeness (QED) is 0.532. The Morgan fingerprint density at radius 2 is 2.19 bits per heavy atom. The maximum atomic E-state index is 14.2. The molecule has 1 aromatic heterocycles. The Kier molecular flexibility index (Phi) is 4.55. The molecule has 0 bridgehead atoms. The molecule has 1 amide bonds. The van der Waals surface area contributed by atoms with Crippen LogP contribution >= 0.6 is 15.9 Å². The summed E-state index contributed by atoms with van der Waals surface area (Å²) in [6.45, 7) is 2.88. The van der Waals surface area contributed by atoms with Crippen molar-refractivity contribution in [3.05, 3.63) is 52.4 Å². The molecule has 3 aromatic rings. The van der Waals surface area contributed by atoms with Gasteiger partial charge in [0.05, 0.1) is 28.6 Å². The van der Waals surface area contributed by atoms with Crippen LogP contribution in [-0.2, 0) is 0 Å². The van der Waals surface area contributed by atoms with Crippen LogP contribution in [0.15, 0.2) is 40.9 Å². The van der Waals surface area contributed by atoms with Crippen molar-refractivity contribution in [3.63, 3.8) is 0 Å². The van der Waals surface area contributed by atoms with E-state index in [1.54, 1.807) is 13.1 Å². The number of rotatable bonds is 4. The van der Waals surface area contributed by atoms with Gasteiger partial charge >= 0.3 is 0 Å². The van der Waals surface area contributed by atoms with Gasteiger partial charge in [-0.25, -0.2) is 4.39 Å². The van der Waals surface area contributed by atoms with Crippen LogP contribution in [0.3, 0.4) is 0 Å². The minimum Gasteiger partial charge on any atom is -0.384 e. The molecule has 4 rings (SSSR count). The van der Waals surface area contributed by atoms with E-state index in [4.69, 9.17) is 0 Å². The summed E-state index contributed by atoms with van der Waals surface area (Å²) >= 11 is 3.29. The van der Waals surface area contributed by atoms with E-state index in [1.807, 2.05) is 24.3 Å². The molecule has 3 N–H and O–H groups in total. The number of nitrogens with one attached hydrogen (secondary N) is 3. The molecule has 5 nitrogen and oxygen atoms in total. The van der Waals surface area contributed by atoms with Crippen molar-refractivity contribution in [1.82, 2.24) is 4.57 Å². The monoisotopic (exact) mass is 430 g/mol. The number of amides is 1. The Labute approximate surface area is 165 Å². The second kappa shape index (κ2) is 6.88. The molecule has 0 fully saturated rings. The van der Waals surface area contributed by atoms with E-state index in [9.17, 15) is 9.18 Å². The average Bonchev–Trinajstić information content (AvgIpc) is 3.03. The fourth-order valence-electron chi connectivity index (χ4n) is 3.74. The molecule has 0 spiro atoms. The van der Waals surface area contributed by atoms with E-state index in [2.05, 4.69) is 43.4 Å². The summed E-state index contributed by atoms with van der Waals surface area (Å²) in [5.41, 5.74) is 3.30. The SMILES string of the molecule is CCC1CNc2cccc3cc(C(=O)Nc4cc(Br)cc(F)c4NC)n1c23. The Morgan fingerprint density at radius 3 is 2.93 bits per heavy atom. The van der Waals surface area contributed by atoms with Crippen LogP contribution in [0.4, 0.5) is 21.5 Å². The van der Waals surface area contributed by atoms with Crippen LogP contribution in [0.2, 0.25) is 0 Å². The van der Waals surface area contributed by atoms with Gasteiger partial charge in [-0.3, -0.25) is 4.79 Å². The van der Waals surface area contributed by atoms with Gasteiger partial charge in [-0.1, -0.05) is 35.0 Å². The summed E-state index contributed by atoms with van der Waals surface area (Å²) in [5, 5.41) is 10.1. The van der Waals surface area contributed by atoms with Gasteiger partial charge in [0.25, 0.3) is 5.91 Å². The zero-order chi connectivity index (χ0) is 19.1. The zero-order valence-electron chi connectivity index (χ0n) is 15.1. The van der Waals surface area contributed by atoms with Crippen LogP contribution in [0.25, 0.3) is 10.9 Å². The molecule has 0 radical (unpaired) electrons. The second-order valence-corrected chi connectivity index (χ2v) is 7.52. The number of benzene rings is 2. The van der Waals surface area contributed by atoms with Crippen LogP contribution in [0.1, 0.15) is 29.9 Å². The highest BCUT2D eigenvalue weighted by Gasteiger charge is 2.26. The molecule has 0 saturated heterocycles. The number of carbonyl (C=O) groups is 1. The molecule has 1 unspecified atom stereocenters. The molecule has 140 valence electrons. The van der Waals surface area contributed by atoms with Gasteiger partial charge in [0.1, 0.15) is 11.5 Å². The maximum absolute atomic E-state index is 14.2. The number of para-hydroxylation sites is 1. The number of aromatic nitrogens is 1. The molecule has 1 aliphatic heterocycles. The molecule has 0 saturated carbocycles. The van der Waals surface area contributed by atoms with E-state index in [1.165, 1.54) is 6.07 Å². The van der Waals surface area contributed by atoms with Gasteiger partial charge in [0.2, 0.25) is 0 Å². The lowest BCUT2D eigenvalue weighted by Gasteiger charge is -2.28. The van der Waals surface area contributed by atoms with Gasteiger partial charge in [0, 0.05) is 23.5 Å². The largest absolute Gasteiger partial charge is 0.384 e. The molecule has 7 heteroatoms. The van der Waals surface area contributed by atoms with E-state index in [-0.39, 0.29) is 17.6 Å². The van der Waals surface area contributed by atoms with E-state index in [0.717, 1.165) is 29.6 Å².